The highest BCUT2D eigenvalue weighted by Crippen LogP contribution is 2.18. The van der Waals surface area contributed by atoms with E-state index in [0.717, 1.165) is 13.0 Å². The van der Waals surface area contributed by atoms with E-state index in [9.17, 15) is 19.7 Å². The summed E-state index contributed by atoms with van der Waals surface area (Å²) in [6.07, 6.45) is 0.983. The van der Waals surface area contributed by atoms with E-state index in [1.54, 1.807) is 5.38 Å². The monoisotopic (exact) mass is 392 g/mol. The van der Waals surface area contributed by atoms with Crippen molar-refractivity contribution in [3.8, 4) is 0 Å². The number of esters is 1. The van der Waals surface area contributed by atoms with Crippen LogP contribution in [0.25, 0.3) is 0 Å². The van der Waals surface area contributed by atoms with Gasteiger partial charge in [0.25, 0.3) is 11.6 Å². The van der Waals surface area contributed by atoms with Crippen LogP contribution in [0.5, 0.6) is 0 Å². The lowest BCUT2D eigenvalue weighted by atomic mass is 10.1. The Morgan fingerprint density at radius 2 is 2.15 bits per heavy atom. The van der Waals surface area contributed by atoms with Crippen LogP contribution >= 0.6 is 11.3 Å². The van der Waals surface area contributed by atoms with E-state index in [0.29, 0.717) is 11.0 Å². The lowest BCUT2D eigenvalue weighted by Gasteiger charge is -2.06. The molecule has 2 N–H and O–H groups in total. The molecule has 1 aromatic heterocycles. The maximum absolute atomic E-state index is 12.0. The highest BCUT2D eigenvalue weighted by atomic mass is 32.1. The van der Waals surface area contributed by atoms with E-state index >= 15 is 0 Å². The molecule has 2 rings (SSSR count). The number of non-ortho nitro benzene ring substituents is 1. The molecule has 0 saturated heterocycles. The van der Waals surface area contributed by atoms with Crippen molar-refractivity contribution in [1.29, 1.82) is 0 Å². The van der Waals surface area contributed by atoms with Gasteiger partial charge in [-0.3, -0.25) is 14.9 Å². The molecule has 144 valence electrons. The number of hydrogen-bond acceptors (Lipinski definition) is 8. The molecule has 0 atom stereocenters. The molecule has 2 aromatic rings. The molecule has 0 aliphatic heterocycles. The predicted molar refractivity (Wildman–Crippen MR) is 102 cm³/mol. The summed E-state index contributed by atoms with van der Waals surface area (Å²) in [5.74, 6) is -0.752. The molecule has 0 spiro atoms. The van der Waals surface area contributed by atoms with E-state index in [4.69, 9.17) is 4.74 Å². The first kappa shape index (κ1) is 20.3. The smallest absolute Gasteiger partial charge is 0.358 e. The molecule has 27 heavy (non-hydrogen) atoms. The Hall–Kier alpha value is -3.01. The summed E-state index contributed by atoms with van der Waals surface area (Å²) in [7, 11) is 0. The molecule has 0 aliphatic rings. The minimum absolute atomic E-state index is 0.121. The Morgan fingerprint density at radius 1 is 1.37 bits per heavy atom. The highest BCUT2D eigenvalue weighted by molar-refractivity contribution is 7.13. The Kier molecular flexibility index (Phi) is 7.24. The summed E-state index contributed by atoms with van der Waals surface area (Å²) in [5.41, 5.74) is 0.218. The van der Waals surface area contributed by atoms with Crippen LogP contribution in [0.2, 0.25) is 0 Å². The number of nitrogens with zero attached hydrogens (tertiary/aromatic N) is 2. The van der Waals surface area contributed by atoms with Gasteiger partial charge in [-0.05, 0) is 18.4 Å². The van der Waals surface area contributed by atoms with Gasteiger partial charge in [0.05, 0.1) is 4.92 Å². The van der Waals surface area contributed by atoms with E-state index in [1.807, 2.05) is 0 Å². The number of carbonyl (C=O) groups is 2. The van der Waals surface area contributed by atoms with E-state index in [1.165, 1.54) is 35.6 Å². The van der Waals surface area contributed by atoms with Gasteiger partial charge in [0.1, 0.15) is 0 Å². The van der Waals surface area contributed by atoms with E-state index < -0.39 is 23.4 Å². The number of ether oxygens (including phenoxy) is 1. The molecule has 0 aliphatic carbocycles. The van der Waals surface area contributed by atoms with Crippen molar-refractivity contribution in [3.63, 3.8) is 0 Å². The fraction of sp³-hybridized carbons (Fsp3) is 0.353. The summed E-state index contributed by atoms with van der Waals surface area (Å²) in [6, 6.07) is 5.48. The second kappa shape index (κ2) is 9.62. The molecule has 1 aromatic carbocycles. The fourth-order valence-corrected chi connectivity index (χ4v) is 2.72. The highest BCUT2D eigenvalue weighted by Gasteiger charge is 2.15. The molecule has 1 heterocycles. The first-order valence-electron chi connectivity index (χ1n) is 8.26. The van der Waals surface area contributed by atoms with Gasteiger partial charge in [0, 0.05) is 29.7 Å². The number of carbonyl (C=O) groups excluding carboxylic acids is 2. The second-order valence-corrected chi connectivity index (χ2v) is 6.94. The van der Waals surface area contributed by atoms with Crippen molar-refractivity contribution in [2.45, 2.75) is 20.3 Å². The van der Waals surface area contributed by atoms with Crippen molar-refractivity contribution in [2.75, 3.05) is 23.8 Å². The third-order valence-corrected chi connectivity index (χ3v) is 4.19. The van der Waals surface area contributed by atoms with E-state index in [-0.39, 0.29) is 17.1 Å². The standard InChI is InChI=1S/C17H20N4O5S/c1-11(2)6-7-18-17-20-14(10-27-17)16(23)26-9-15(22)19-12-4-3-5-13(8-12)21(24)25/h3-5,8,10-11H,6-7,9H2,1-2H3,(H,18,20)(H,19,22). The minimum Gasteiger partial charge on any atom is -0.451 e. The van der Waals surface area contributed by atoms with Crippen molar-refractivity contribution in [3.05, 3.63) is 45.5 Å². The van der Waals surface area contributed by atoms with Crippen LogP contribution in [0.15, 0.2) is 29.6 Å². The molecule has 1 amide bonds. The molecule has 0 saturated carbocycles. The maximum Gasteiger partial charge on any atom is 0.358 e. The molecule has 0 unspecified atom stereocenters. The number of thiazole rings is 1. The second-order valence-electron chi connectivity index (χ2n) is 6.08. The van der Waals surface area contributed by atoms with Crippen LogP contribution in [-0.4, -0.2) is 34.9 Å². The van der Waals surface area contributed by atoms with Crippen LogP contribution in [0.1, 0.15) is 30.8 Å². The summed E-state index contributed by atoms with van der Waals surface area (Å²) >= 11 is 1.28. The molecule has 0 radical (unpaired) electrons. The zero-order valence-electron chi connectivity index (χ0n) is 14.9. The number of nitro groups is 1. The zero-order valence-corrected chi connectivity index (χ0v) is 15.7. The van der Waals surface area contributed by atoms with Crippen LogP contribution in [-0.2, 0) is 9.53 Å². The van der Waals surface area contributed by atoms with Crippen molar-refractivity contribution >= 4 is 39.7 Å². The lowest BCUT2D eigenvalue weighted by Crippen LogP contribution is -2.21. The average molecular weight is 392 g/mol. The number of amides is 1. The Balaban J connectivity index is 1.81. The van der Waals surface area contributed by atoms with Gasteiger partial charge >= 0.3 is 5.97 Å². The number of rotatable bonds is 9. The van der Waals surface area contributed by atoms with Crippen LogP contribution < -0.4 is 10.6 Å². The number of nitrogens with one attached hydrogen (secondary N) is 2. The largest absolute Gasteiger partial charge is 0.451 e. The van der Waals surface area contributed by atoms with Crippen LogP contribution in [0.3, 0.4) is 0 Å². The normalized spacial score (nSPS) is 10.5. The van der Waals surface area contributed by atoms with Crippen molar-refractivity contribution in [2.24, 2.45) is 5.92 Å². The minimum atomic E-state index is -0.711. The molecule has 10 heteroatoms. The van der Waals surface area contributed by atoms with Gasteiger partial charge in [-0.25, -0.2) is 9.78 Å². The Labute approximate surface area is 159 Å². The topological polar surface area (TPSA) is 123 Å². The molecular weight excluding hydrogens is 372 g/mol. The van der Waals surface area contributed by atoms with Crippen molar-refractivity contribution < 1.29 is 19.2 Å². The van der Waals surface area contributed by atoms with Gasteiger partial charge in [-0.15, -0.1) is 11.3 Å². The van der Waals surface area contributed by atoms with Gasteiger partial charge in [0.2, 0.25) is 0 Å². The summed E-state index contributed by atoms with van der Waals surface area (Å²) in [4.78, 5) is 38.1. The third-order valence-electron chi connectivity index (χ3n) is 3.39. The average Bonchev–Trinajstić information content (AvgIpc) is 3.08. The summed E-state index contributed by atoms with van der Waals surface area (Å²) in [6.45, 7) is 4.47. The number of anilines is 2. The third kappa shape index (κ3) is 6.66. The molecule has 0 fully saturated rings. The first-order valence-corrected chi connectivity index (χ1v) is 9.14. The lowest BCUT2D eigenvalue weighted by molar-refractivity contribution is -0.384. The molecule has 9 nitrogen and oxygen atoms in total. The van der Waals surface area contributed by atoms with Crippen molar-refractivity contribution in [1.82, 2.24) is 4.98 Å². The Bertz CT molecular complexity index is 821. The number of hydrogen-bond donors (Lipinski definition) is 2. The van der Waals surface area contributed by atoms with Crippen LogP contribution in [0.4, 0.5) is 16.5 Å². The van der Waals surface area contributed by atoms with Gasteiger partial charge in [-0.1, -0.05) is 19.9 Å². The zero-order chi connectivity index (χ0) is 19.8. The first-order chi connectivity index (χ1) is 12.8. The number of aromatic nitrogens is 1. The number of nitro benzene ring substituents is 1. The SMILES string of the molecule is CC(C)CCNc1nc(C(=O)OCC(=O)Nc2cccc([N+](=O)[O-])c2)cs1. The summed E-state index contributed by atoms with van der Waals surface area (Å²) in [5, 5.41) is 18.5. The van der Waals surface area contributed by atoms with Gasteiger partial charge in [-0.2, -0.15) is 0 Å². The maximum atomic E-state index is 12.0. The van der Waals surface area contributed by atoms with Gasteiger partial charge < -0.3 is 15.4 Å². The van der Waals surface area contributed by atoms with Gasteiger partial charge in [0.15, 0.2) is 17.4 Å². The molecular formula is C17H20N4O5S. The number of benzene rings is 1. The molecule has 0 bridgehead atoms. The van der Waals surface area contributed by atoms with E-state index in [2.05, 4.69) is 29.5 Å². The fourth-order valence-electron chi connectivity index (χ4n) is 2.02. The quantitative estimate of drug-likeness (QED) is 0.381. The summed E-state index contributed by atoms with van der Waals surface area (Å²) < 4.78 is 4.93. The van der Waals surface area contributed by atoms with Crippen LogP contribution in [0, 0.1) is 16.0 Å². The Morgan fingerprint density at radius 3 is 2.85 bits per heavy atom. The predicted octanol–water partition coefficient (Wildman–Crippen LogP) is 3.30.